The maximum atomic E-state index is 12.6. The summed E-state index contributed by atoms with van der Waals surface area (Å²) in [5, 5.41) is 43.9. The van der Waals surface area contributed by atoms with Gasteiger partial charge in [-0.05, 0) is 38.5 Å². The fraction of sp³-hybridized carbons (Fsp3) is 0.947. The number of unbranched alkanes of at least 4 members (excludes halogenated alkanes) is 42. The molecule has 0 spiro atoms. The van der Waals surface area contributed by atoms with Gasteiger partial charge in [0.25, 0.3) is 0 Å². The molecule has 6 heteroatoms. The van der Waals surface area contributed by atoms with Crippen LogP contribution in [0.1, 0.15) is 316 Å². The van der Waals surface area contributed by atoms with Crippen LogP contribution in [-0.4, -0.2) is 57.3 Å². The third-order valence-electron chi connectivity index (χ3n) is 13.7. The predicted molar refractivity (Wildman–Crippen MR) is 275 cm³/mol. The first-order valence-corrected chi connectivity index (χ1v) is 28.6. The molecule has 63 heavy (non-hydrogen) atoms. The number of rotatable bonds is 53. The van der Waals surface area contributed by atoms with Crippen LogP contribution in [0.15, 0.2) is 12.2 Å². The van der Waals surface area contributed by atoms with E-state index in [-0.39, 0.29) is 0 Å². The number of nitrogens with one attached hydrogen (secondary N) is 1. The molecule has 0 saturated carbocycles. The molecule has 4 atom stereocenters. The molecule has 0 rings (SSSR count). The second kappa shape index (κ2) is 52.0. The first-order chi connectivity index (χ1) is 31.0. The maximum Gasteiger partial charge on any atom is 0.249 e. The van der Waals surface area contributed by atoms with E-state index in [0.29, 0.717) is 12.8 Å². The predicted octanol–water partition coefficient (Wildman–Crippen LogP) is 16.5. The van der Waals surface area contributed by atoms with E-state index in [4.69, 9.17) is 0 Å². The van der Waals surface area contributed by atoms with Gasteiger partial charge >= 0.3 is 0 Å². The molecule has 0 aromatic heterocycles. The third-order valence-corrected chi connectivity index (χ3v) is 13.7. The molecule has 0 aliphatic heterocycles. The first-order valence-electron chi connectivity index (χ1n) is 28.6. The minimum absolute atomic E-state index is 0.369. The quantitative estimate of drug-likeness (QED) is 0.0309. The Hall–Kier alpha value is -0.950. The van der Waals surface area contributed by atoms with Gasteiger partial charge in [-0.25, -0.2) is 0 Å². The molecule has 0 radical (unpaired) electrons. The fourth-order valence-corrected chi connectivity index (χ4v) is 9.23. The number of aliphatic hydroxyl groups is 4. The van der Waals surface area contributed by atoms with Gasteiger partial charge in [-0.3, -0.25) is 4.79 Å². The van der Waals surface area contributed by atoms with E-state index in [1.807, 2.05) is 0 Å². The van der Waals surface area contributed by atoms with Gasteiger partial charge < -0.3 is 25.7 Å². The Morgan fingerprint density at radius 1 is 0.381 bits per heavy atom. The zero-order valence-corrected chi connectivity index (χ0v) is 42.6. The lowest BCUT2D eigenvalue weighted by Gasteiger charge is -2.27. The number of hydrogen-bond acceptors (Lipinski definition) is 5. The van der Waals surface area contributed by atoms with Gasteiger partial charge in [0.05, 0.1) is 18.8 Å². The Morgan fingerprint density at radius 3 is 0.952 bits per heavy atom. The normalized spacial score (nSPS) is 13.8. The van der Waals surface area contributed by atoms with Crippen LogP contribution in [0.3, 0.4) is 0 Å². The summed E-state index contributed by atoms with van der Waals surface area (Å²) in [5.41, 5.74) is 0. The summed E-state index contributed by atoms with van der Waals surface area (Å²) in [6, 6.07) is -0.998. The molecule has 5 N–H and O–H groups in total. The number of hydrogen-bond donors (Lipinski definition) is 5. The van der Waals surface area contributed by atoms with Crippen LogP contribution in [-0.2, 0) is 4.79 Å². The number of allylic oxidation sites excluding steroid dienone is 2. The van der Waals surface area contributed by atoms with Crippen molar-refractivity contribution in [3.05, 3.63) is 12.2 Å². The van der Waals surface area contributed by atoms with Crippen LogP contribution in [0.25, 0.3) is 0 Å². The Kier molecular flexibility index (Phi) is 51.2. The average Bonchev–Trinajstić information content (AvgIpc) is 3.29. The van der Waals surface area contributed by atoms with Crippen molar-refractivity contribution < 1.29 is 25.2 Å². The van der Waals surface area contributed by atoms with E-state index in [0.717, 1.165) is 38.5 Å². The smallest absolute Gasteiger partial charge is 0.249 e. The highest BCUT2D eigenvalue weighted by Gasteiger charge is 2.28. The largest absolute Gasteiger partial charge is 0.394 e. The zero-order chi connectivity index (χ0) is 45.9. The number of amides is 1. The second-order valence-corrected chi connectivity index (χ2v) is 20.0. The molecule has 0 aromatic rings. The standard InChI is InChI=1S/C57H113NO5/c1-3-5-7-9-11-13-15-17-19-21-23-24-25-26-27-28-29-30-31-33-35-37-39-41-43-45-47-49-51-55(61)57(63)58-53(52-59)56(62)54(60)50-48-46-44-42-40-38-36-34-32-22-20-18-16-14-12-10-8-6-4-2/h42,44,53-56,59-62H,3-41,43,45-52H2,1-2H3,(H,58,63)/b44-42+. The SMILES string of the molecule is CCCCCCCCCCCCCCCC/C=C/CCCC(O)C(O)C(CO)NC(=O)C(O)CCCCCCCCCCCCCCCCCCCCCCCCCCCCCC. The molecule has 0 aliphatic rings. The average molecular weight is 893 g/mol. The number of carbonyl (C=O) groups excluding carboxylic acids is 1. The van der Waals surface area contributed by atoms with Crippen LogP contribution in [0.4, 0.5) is 0 Å². The molecule has 0 fully saturated rings. The molecule has 6 nitrogen and oxygen atoms in total. The Balaban J connectivity index is 3.60. The summed E-state index contributed by atoms with van der Waals surface area (Å²) in [4.78, 5) is 12.6. The minimum atomic E-state index is -1.28. The summed E-state index contributed by atoms with van der Waals surface area (Å²) >= 11 is 0. The van der Waals surface area contributed by atoms with E-state index in [1.54, 1.807) is 0 Å². The molecule has 1 amide bonds. The second-order valence-electron chi connectivity index (χ2n) is 20.0. The molecule has 4 unspecified atom stereocenters. The Bertz CT molecular complexity index is 913. The summed E-state index contributed by atoms with van der Waals surface area (Å²) < 4.78 is 0. The van der Waals surface area contributed by atoms with Gasteiger partial charge in [0, 0.05) is 0 Å². The van der Waals surface area contributed by atoms with E-state index >= 15 is 0 Å². The molecular formula is C57H113NO5. The van der Waals surface area contributed by atoms with E-state index < -0.39 is 36.9 Å². The summed E-state index contributed by atoms with van der Waals surface area (Å²) in [7, 11) is 0. The maximum absolute atomic E-state index is 12.6. The minimum Gasteiger partial charge on any atom is -0.394 e. The number of carbonyl (C=O) groups is 1. The molecule has 0 saturated heterocycles. The van der Waals surface area contributed by atoms with Crippen LogP contribution in [0, 0.1) is 0 Å². The Labute approximate surface area is 393 Å². The van der Waals surface area contributed by atoms with Crippen molar-refractivity contribution >= 4 is 5.91 Å². The van der Waals surface area contributed by atoms with E-state index in [2.05, 4.69) is 31.3 Å². The summed E-state index contributed by atoms with van der Waals surface area (Å²) in [6.45, 7) is 4.08. The van der Waals surface area contributed by atoms with E-state index in [9.17, 15) is 25.2 Å². The van der Waals surface area contributed by atoms with Crippen LogP contribution in [0.5, 0.6) is 0 Å². The monoisotopic (exact) mass is 892 g/mol. The molecule has 0 aliphatic carbocycles. The first kappa shape index (κ1) is 62.1. The van der Waals surface area contributed by atoms with Crippen molar-refractivity contribution in [1.82, 2.24) is 5.32 Å². The molecule has 0 heterocycles. The molecular weight excluding hydrogens is 779 g/mol. The fourth-order valence-electron chi connectivity index (χ4n) is 9.23. The Morgan fingerprint density at radius 2 is 0.651 bits per heavy atom. The van der Waals surface area contributed by atoms with Gasteiger partial charge in [-0.1, -0.05) is 289 Å². The summed E-state index contributed by atoms with van der Waals surface area (Å²) in [5.74, 6) is -0.586. The van der Waals surface area contributed by atoms with Gasteiger partial charge in [0.1, 0.15) is 12.2 Å². The van der Waals surface area contributed by atoms with Crippen molar-refractivity contribution in [2.45, 2.75) is 340 Å². The van der Waals surface area contributed by atoms with Gasteiger partial charge in [-0.15, -0.1) is 0 Å². The van der Waals surface area contributed by atoms with E-state index in [1.165, 1.54) is 250 Å². The van der Waals surface area contributed by atoms with Crippen molar-refractivity contribution in [3.8, 4) is 0 Å². The van der Waals surface area contributed by atoms with Gasteiger partial charge in [0.15, 0.2) is 0 Å². The van der Waals surface area contributed by atoms with Crippen LogP contribution in [0.2, 0.25) is 0 Å². The lowest BCUT2D eigenvalue weighted by molar-refractivity contribution is -0.132. The zero-order valence-electron chi connectivity index (χ0n) is 42.6. The highest BCUT2D eigenvalue weighted by Crippen LogP contribution is 2.18. The van der Waals surface area contributed by atoms with Gasteiger partial charge in [-0.2, -0.15) is 0 Å². The van der Waals surface area contributed by atoms with Gasteiger partial charge in [0.2, 0.25) is 5.91 Å². The lowest BCUT2D eigenvalue weighted by atomic mass is 10.00. The van der Waals surface area contributed by atoms with Crippen molar-refractivity contribution in [2.75, 3.05) is 6.61 Å². The van der Waals surface area contributed by atoms with Crippen LogP contribution < -0.4 is 5.32 Å². The topological polar surface area (TPSA) is 110 Å². The van der Waals surface area contributed by atoms with Crippen molar-refractivity contribution in [3.63, 3.8) is 0 Å². The van der Waals surface area contributed by atoms with Crippen LogP contribution >= 0.6 is 0 Å². The number of aliphatic hydroxyl groups excluding tert-OH is 4. The molecule has 0 aromatic carbocycles. The molecule has 0 bridgehead atoms. The van der Waals surface area contributed by atoms with Crippen molar-refractivity contribution in [1.29, 1.82) is 0 Å². The highest BCUT2D eigenvalue weighted by atomic mass is 16.3. The lowest BCUT2D eigenvalue weighted by Crippen LogP contribution is -2.53. The van der Waals surface area contributed by atoms with Crippen molar-refractivity contribution in [2.24, 2.45) is 0 Å². The summed E-state index contributed by atoms with van der Waals surface area (Å²) in [6.07, 6.45) is 61.5. The highest BCUT2D eigenvalue weighted by molar-refractivity contribution is 5.80. The third kappa shape index (κ3) is 46.0. The molecule has 376 valence electrons.